The summed E-state index contributed by atoms with van der Waals surface area (Å²) < 4.78 is 0. The highest BCUT2D eigenvalue weighted by Crippen LogP contribution is 2.23. The second-order valence-electron chi connectivity index (χ2n) is 3.13. The molecular formula is C7H13N3O. The Hall–Kier alpha value is -0.900. The molecule has 0 spiro atoms. The molecule has 0 aromatic rings. The summed E-state index contributed by atoms with van der Waals surface area (Å²) in [5.41, 5.74) is -0.128. The first-order valence-electron chi connectivity index (χ1n) is 3.55. The van der Waals surface area contributed by atoms with E-state index >= 15 is 0 Å². The summed E-state index contributed by atoms with van der Waals surface area (Å²) in [6, 6.07) is 0. The quantitative estimate of drug-likeness (QED) is 0.401. The van der Waals surface area contributed by atoms with E-state index in [1.54, 1.807) is 13.8 Å². The molecule has 1 aliphatic rings. The molecule has 4 nitrogen and oxygen atoms in total. The minimum absolute atomic E-state index is 0.270. The number of nitrogens with zero attached hydrogens (tertiary/aromatic N) is 2. The van der Waals surface area contributed by atoms with Crippen molar-refractivity contribution in [2.75, 3.05) is 0 Å². The van der Waals surface area contributed by atoms with Crippen molar-refractivity contribution in [1.82, 2.24) is 5.01 Å². The Bertz CT molecular complexity index is 220. The van der Waals surface area contributed by atoms with E-state index in [9.17, 15) is 5.11 Å². The predicted octanol–water partition coefficient (Wildman–Crippen LogP) is 0.774. The highest BCUT2D eigenvalue weighted by Gasteiger charge is 2.35. The Morgan fingerprint density at radius 3 is 2.55 bits per heavy atom. The molecule has 1 rings (SSSR count). The molecule has 1 aliphatic heterocycles. The molecule has 62 valence electrons. The first kappa shape index (κ1) is 8.20. The van der Waals surface area contributed by atoms with Gasteiger partial charge in [0.1, 0.15) is 5.84 Å². The lowest BCUT2D eigenvalue weighted by Gasteiger charge is -2.27. The summed E-state index contributed by atoms with van der Waals surface area (Å²) in [7, 11) is 0. The number of aliphatic hydroxyl groups is 1. The molecule has 0 aromatic carbocycles. The van der Waals surface area contributed by atoms with Gasteiger partial charge in [0, 0.05) is 12.1 Å². The van der Waals surface area contributed by atoms with Crippen molar-refractivity contribution >= 4 is 11.5 Å². The lowest BCUT2D eigenvalue weighted by Crippen LogP contribution is -2.41. The average Bonchev–Trinajstić information content (AvgIpc) is 2.04. The van der Waals surface area contributed by atoms with Gasteiger partial charge in [0.2, 0.25) is 0 Å². The highest BCUT2D eigenvalue weighted by atomic mass is 16.3. The number of nitrogens with one attached hydrogen (secondary N) is 1. The standard InChI is InChI=1S/C7H13N3O/c1-5-4-7(3,11)10(9-5)6(2)8/h8,11H,4H2,1-3H3/t7-/m1/s1. The minimum atomic E-state index is -0.990. The van der Waals surface area contributed by atoms with Crippen LogP contribution >= 0.6 is 0 Å². The van der Waals surface area contributed by atoms with Crippen molar-refractivity contribution in [2.45, 2.75) is 32.9 Å². The number of amidine groups is 1. The SMILES string of the molecule is CC(=N)N1N=C(C)C[C@@]1(C)O. The largest absolute Gasteiger partial charge is 0.369 e. The van der Waals surface area contributed by atoms with Crippen LogP contribution in [0.5, 0.6) is 0 Å². The summed E-state index contributed by atoms with van der Waals surface area (Å²) in [5, 5.41) is 22.3. The van der Waals surface area contributed by atoms with E-state index < -0.39 is 5.72 Å². The van der Waals surface area contributed by atoms with Crippen LogP contribution in [0.25, 0.3) is 0 Å². The van der Waals surface area contributed by atoms with Gasteiger partial charge in [-0.25, -0.2) is 5.01 Å². The van der Waals surface area contributed by atoms with Crippen LogP contribution in [-0.2, 0) is 0 Å². The van der Waals surface area contributed by atoms with Gasteiger partial charge in [-0.2, -0.15) is 5.10 Å². The topological polar surface area (TPSA) is 59.7 Å². The zero-order chi connectivity index (χ0) is 8.65. The first-order valence-corrected chi connectivity index (χ1v) is 3.55. The van der Waals surface area contributed by atoms with E-state index in [1.807, 2.05) is 6.92 Å². The maximum atomic E-state index is 9.67. The van der Waals surface area contributed by atoms with Gasteiger partial charge in [0.05, 0.1) is 0 Å². The Morgan fingerprint density at radius 2 is 2.36 bits per heavy atom. The zero-order valence-corrected chi connectivity index (χ0v) is 7.05. The van der Waals surface area contributed by atoms with Crippen LogP contribution in [0.1, 0.15) is 27.2 Å². The summed E-state index contributed by atoms with van der Waals surface area (Å²) in [6.45, 7) is 5.11. The fourth-order valence-corrected chi connectivity index (χ4v) is 1.31. The molecule has 0 unspecified atom stereocenters. The molecule has 0 amide bonds. The molecule has 0 fully saturated rings. The van der Waals surface area contributed by atoms with Crippen LogP contribution in [0.15, 0.2) is 5.10 Å². The van der Waals surface area contributed by atoms with Crippen molar-refractivity contribution in [3.63, 3.8) is 0 Å². The van der Waals surface area contributed by atoms with Crippen molar-refractivity contribution in [2.24, 2.45) is 5.10 Å². The van der Waals surface area contributed by atoms with Gasteiger partial charge in [0.25, 0.3) is 0 Å². The molecule has 0 aliphatic carbocycles. The van der Waals surface area contributed by atoms with Crippen LogP contribution in [0.2, 0.25) is 0 Å². The molecule has 0 radical (unpaired) electrons. The van der Waals surface area contributed by atoms with E-state index in [-0.39, 0.29) is 5.84 Å². The predicted molar refractivity (Wildman–Crippen MR) is 43.6 cm³/mol. The van der Waals surface area contributed by atoms with Crippen LogP contribution < -0.4 is 0 Å². The van der Waals surface area contributed by atoms with Gasteiger partial charge < -0.3 is 5.11 Å². The molecule has 0 aromatic heterocycles. The van der Waals surface area contributed by atoms with E-state index in [0.29, 0.717) is 6.42 Å². The van der Waals surface area contributed by atoms with E-state index in [1.165, 1.54) is 5.01 Å². The molecule has 1 heterocycles. The summed E-state index contributed by atoms with van der Waals surface area (Å²) >= 11 is 0. The number of rotatable bonds is 0. The normalized spacial score (nSPS) is 30.5. The van der Waals surface area contributed by atoms with E-state index in [2.05, 4.69) is 5.10 Å². The van der Waals surface area contributed by atoms with Gasteiger partial charge in [-0.05, 0) is 20.8 Å². The second kappa shape index (κ2) is 2.30. The van der Waals surface area contributed by atoms with Crippen LogP contribution in [0.3, 0.4) is 0 Å². The second-order valence-corrected chi connectivity index (χ2v) is 3.13. The van der Waals surface area contributed by atoms with Crippen LogP contribution in [-0.4, -0.2) is 27.4 Å². The molecule has 0 saturated carbocycles. The average molecular weight is 155 g/mol. The van der Waals surface area contributed by atoms with Crippen LogP contribution in [0.4, 0.5) is 0 Å². The monoisotopic (exact) mass is 155 g/mol. The Labute approximate surface area is 66.0 Å². The smallest absolute Gasteiger partial charge is 0.162 e. The number of hydrazone groups is 1. The summed E-state index contributed by atoms with van der Waals surface area (Å²) in [5.74, 6) is 0.270. The molecule has 0 bridgehead atoms. The van der Waals surface area contributed by atoms with Gasteiger partial charge in [-0.3, -0.25) is 5.41 Å². The molecule has 1 atom stereocenters. The third-order valence-corrected chi connectivity index (χ3v) is 1.64. The van der Waals surface area contributed by atoms with Gasteiger partial charge in [0.15, 0.2) is 5.72 Å². The van der Waals surface area contributed by atoms with E-state index in [4.69, 9.17) is 5.41 Å². The third kappa shape index (κ3) is 1.40. The lowest BCUT2D eigenvalue weighted by atomic mass is 10.1. The van der Waals surface area contributed by atoms with Gasteiger partial charge in [-0.1, -0.05) is 0 Å². The zero-order valence-electron chi connectivity index (χ0n) is 7.05. The molecular weight excluding hydrogens is 142 g/mol. The van der Waals surface area contributed by atoms with E-state index in [0.717, 1.165) is 5.71 Å². The minimum Gasteiger partial charge on any atom is -0.369 e. The maximum Gasteiger partial charge on any atom is 0.162 e. The van der Waals surface area contributed by atoms with Crippen molar-refractivity contribution < 1.29 is 5.11 Å². The number of hydrogen-bond acceptors (Lipinski definition) is 3. The van der Waals surface area contributed by atoms with Gasteiger partial charge >= 0.3 is 0 Å². The highest BCUT2D eigenvalue weighted by molar-refractivity contribution is 5.88. The molecule has 2 N–H and O–H groups in total. The molecule has 4 heteroatoms. The van der Waals surface area contributed by atoms with Crippen molar-refractivity contribution in [3.8, 4) is 0 Å². The summed E-state index contributed by atoms with van der Waals surface area (Å²) in [6.07, 6.45) is 0.517. The van der Waals surface area contributed by atoms with Crippen LogP contribution in [0, 0.1) is 5.41 Å². The Morgan fingerprint density at radius 1 is 1.82 bits per heavy atom. The third-order valence-electron chi connectivity index (χ3n) is 1.64. The van der Waals surface area contributed by atoms with Crippen molar-refractivity contribution in [1.29, 1.82) is 5.41 Å². The van der Waals surface area contributed by atoms with Crippen molar-refractivity contribution in [3.05, 3.63) is 0 Å². The summed E-state index contributed by atoms with van der Waals surface area (Å²) in [4.78, 5) is 0. The molecule has 0 saturated heterocycles. The Kier molecular flexibility index (Phi) is 1.72. The van der Waals surface area contributed by atoms with Gasteiger partial charge in [-0.15, -0.1) is 0 Å². The first-order chi connectivity index (χ1) is 4.93. The molecule has 11 heavy (non-hydrogen) atoms. The fourth-order valence-electron chi connectivity index (χ4n) is 1.31. The Balaban J connectivity index is 2.86. The fraction of sp³-hybridized carbons (Fsp3) is 0.714. The maximum absolute atomic E-state index is 9.67. The number of hydrogen-bond donors (Lipinski definition) is 2. The lowest BCUT2D eigenvalue weighted by molar-refractivity contribution is -0.0336.